The maximum atomic E-state index is 6.41. The first kappa shape index (κ1) is 13.6. The number of imidazole rings is 1. The molecule has 0 aliphatic heterocycles. The van der Waals surface area contributed by atoms with Gasteiger partial charge in [0.25, 0.3) is 0 Å². The first-order chi connectivity index (χ1) is 10.1. The van der Waals surface area contributed by atoms with E-state index in [1.165, 1.54) is 11.7 Å². The fourth-order valence-electron chi connectivity index (χ4n) is 2.33. The third-order valence-corrected chi connectivity index (χ3v) is 5.02. The van der Waals surface area contributed by atoms with Gasteiger partial charge in [0.05, 0.1) is 33.5 Å². The first-order valence-corrected chi connectivity index (χ1v) is 8.56. The Morgan fingerprint density at radius 1 is 1.24 bits per heavy atom. The van der Waals surface area contributed by atoms with Crippen LogP contribution in [0.25, 0.3) is 27.8 Å². The van der Waals surface area contributed by atoms with Crippen LogP contribution in [0.5, 0.6) is 0 Å². The lowest BCUT2D eigenvalue weighted by Gasteiger charge is -2.07. The molecule has 0 aliphatic carbocycles. The van der Waals surface area contributed by atoms with Gasteiger partial charge in [0, 0.05) is 3.57 Å². The summed E-state index contributed by atoms with van der Waals surface area (Å²) >= 11 is 15.3. The second kappa shape index (κ2) is 5.01. The summed E-state index contributed by atoms with van der Waals surface area (Å²) in [6.07, 6.45) is 0. The molecular formula is C13H6ClIN4S2. The number of rotatable bonds is 1. The molecule has 0 radical (unpaired) electrons. The van der Waals surface area contributed by atoms with Crippen molar-refractivity contribution in [3.63, 3.8) is 0 Å². The molecule has 0 fully saturated rings. The molecule has 2 aromatic carbocycles. The lowest BCUT2D eigenvalue weighted by molar-refractivity contribution is 1.07. The van der Waals surface area contributed by atoms with E-state index in [2.05, 4.69) is 42.4 Å². The number of hydrogen-bond donors (Lipinski definition) is 1. The van der Waals surface area contributed by atoms with Gasteiger partial charge in [0.15, 0.2) is 4.77 Å². The highest BCUT2D eigenvalue weighted by Gasteiger charge is 2.15. The summed E-state index contributed by atoms with van der Waals surface area (Å²) < 4.78 is 12.3. The summed E-state index contributed by atoms with van der Waals surface area (Å²) in [5.74, 6) is 0. The van der Waals surface area contributed by atoms with Crippen LogP contribution in [-0.2, 0) is 0 Å². The number of H-pyrrole nitrogens is 1. The van der Waals surface area contributed by atoms with Gasteiger partial charge in [-0.25, -0.2) is 0 Å². The maximum absolute atomic E-state index is 6.41. The van der Waals surface area contributed by atoms with Gasteiger partial charge in [-0.05, 0) is 65.1 Å². The Kier molecular flexibility index (Phi) is 3.25. The van der Waals surface area contributed by atoms with E-state index in [0.29, 0.717) is 9.79 Å². The van der Waals surface area contributed by atoms with E-state index in [-0.39, 0.29) is 0 Å². The molecule has 4 rings (SSSR count). The number of fused-ring (bicyclic) bond motifs is 2. The van der Waals surface area contributed by atoms with Gasteiger partial charge in [0.1, 0.15) is 11.0 Å². The van der Waals surface area contributed by atoms with Gasteiger partial charge in [-0.3, -0.25) is 4.57 Å². The van der Waals surface area contributed by atoms with Crippen molar-refractivity contribution in [2.24, 2.45) is 0 Å². The fraction of sp³-hybridized carbons (Fsp3) is 0. The predicted octanol–water partition coefficient (Wildman–Crippen LogP) is 4.95. The summed E-state index contributed by atoms with van der Waals surface area (Å²) in [4.78, 5) is 3.22. The summed E-state index contributed by atoms with van der Waals surface area (Å²) in [6, 6.07) is 9.81. The van der Waals surface area contributed by atoms with Gasteiger partial charge in [0.2, 0.25) is 0 Å². The second-order valence-corrected chi connectivity index (χ2v) is 7.02. The van der Waals surface area contributed by atoms with Gasteiger partial charge < -0.3 is 4.98 Å². The number of halogens is 2. The van der Waals surface area contributed by atoms with Crippen LogP contribution in [0.1, 0.15) is 0 Å². The topological polar surface area (TPSA) is 46.5 Å². The zero-order valence-electron chi connectivity index (χ0n) is 10.3. The van der Waals surface area contributed by atoms with Crippen LogP contribution in [-0.4, -0.2) is 18.3 Å². The van der Waals surface area contributed by atoms with Crippen LogP contribution in [0.2, 0.25) is 5.02 Å². The molecule has 0 atom stereocenters. The molecule has 0 amide bonds. The molecule has 4 nitrogen and oxygen atoms in total. The lowest BCUT2D eigenvalue weighted by Crippen LogP contribution is -1.96. The maximum Gasteiger partial charge on any atom is 0.182 e. The van der Waals surface area contributed by atoms with Crippen LogP contribution >= 0.6 is 58.1 Å². The highest BCUT2D eigenvalue weighted by atomic mass is 127. The van der Waals surface area contributed by atoms with E-state index in [4.69, 9.17) is 23.8 Å². The lowest BCUT2D eigenvalue weighted by atomic mass is 10.2. The Morgan fingerprint density at radius 2 is 2.10 bits per heavy atom. The standard InChI is InChI=1S/C13H6ClIN4S2/c14-7-2-3-8-11(18-21-17-8)12(7)19-10-4-1-6(15)5-9(10)16-13(19)20/h1-5H,(H,16,20). The van der Waals surface area contributed by atoms with Crippen molar-refractivity contribution in [2.75, 3.05) is 0 Å². The Morgan fingerprint density at radius 3 is 2.95 bits per heavy atom. The smallest absolute Gasteiger partial charge is 0.182 e. The largest absolute Gasteiger partial charge is 0.330 e. The van der Waals surface area contributed by atoms with Crippen molar-refractivity contribution in [2.45, 2.75) is 0 Å². The van der Waals surface area contributed by atoms with E-state index in [1.807, 2.05) is 28.8 Å². The van der Waals surface area contributed by atoms with E-state index in [1.54, 1.807) is 0 Å². The minimum Gasteiger partial charge on any atom is -0.330 e. The number of nitrogens with zero attached hydrogens (tertiary/aromatic N) is 3. The monoisotopic (exact) mass is 444 g/mol. The molecule has 2 heterocycles. The Balaban J connectivity index is 2.19. The fourth-order valence-corrected chi connectivity index (χ4v) is 3.90. The first-order valence-electron chi connectivity index (χ1n) is 5.96. The zero-order chi connectivity index (χ0) is 14.6. The molecule has 0 aliphatic rings. The molecule has 0 bridgehead atoms. The molecule has 4 aromatic rings. The zero-order valence-corrected chi connectivity index (χ0v) is 14.8. The van der Waals surface area contributed by atoms with Crippen molar-refractivity contribution >= 4 is 80.2 Å². The molecular weight excluding hydrogens is 439 g/mol. The van der Waals surface area contributed by atoms with Crippen molar-refractivity contribution in [3.8, 4) is 5.69 Å². The summed E-state index contributed by atoms with van der Waals surface area (Å²) in [5, 5.41) is 0.603. The van der Waals surface area contributed by atoms with Crippen molar-refractivity contribution in [3.05, 3.63) is 43.7 Å². The SMILES string of the molecule is S=c1[nH]c2cc(I)ccc2n1-c1c(Cl)ccc2nsnc12. The van der Waals surface area contributed by atoms with Gasteiger partial charge >= 0.3 is 0 Å². The van der Waals surface area contributed by atoms with Crippen molar-refractivity contribution in [1.29, 1.82) is 0 Å². The molecule has 0 saturated heterocycles. The second-order valence-electron chi connectivity index (χ2n) is 4.45. The van der Waals surface area contributed by atoms with Crippen LogP contribution in [0.3, 0.4) is 0 Å². The third-order valence-electron chi connectivity index (χ3n) is 3.22. The van der Waals surface area contributed by atoms with Crippen LogP contribution in [0.15, 0.2) is 30.3 Å². The van der Waals surface area contributed by atoms with Gasteiger partial charge in [-0.1, -0.05) is 11.6 Å². The Hall–Kier alpha value is -1.03. The summed E-state index contributed by atoms with van der Waals surface area (Å²) in [7, 11) is 0. The van der Waals surface area contributed by atoms with E-state index in [9.17, 15) is 0 Å². The molecule has 0 spiro atoms. The highest BCUT2D eigenvalue weighted by Crippen LogP contribution is 2.31. The van der Waals surface area contributed by atoms with Crippen molar-refractivity contribution < 1.29 is 0 Å². The molecule has 8 heteroatoms. The average Bonchev–Trinajstić information content (AvgIpc) is 3.02. The minimum atomic E-state index is 0.592. The average molecular weight is 445 g/mol. The summed E-state index contributed by atoms with van der Waals surface area (Å²) in [6.45, 7) is 0. The van der Waals surface area contributed by atoms with Crippen LogP contribution < -0.4 is 0 Å². The van der Waals surface area contributed by atoms with E-state index < -0.39 is 0 Å². The van der Waals surface area contributed by atoms with Crippen molar-refractivity contribution in [1.82, 2.24) is 18.3 Å². The van der Waals surface area contributed by atoms with E-state index in [0.717, 1.165) is 31.3 Å². The molecule has 104 valence electrons. The molecule has 2 aromatic heterocycles. The number of hydrogen-bond acceptors (Lipinski definition) is 4. The third kappa shape index (κ3) is 2.10. The van der Waals surface area contributed by atoms with Gasteiger partial charge in [-0.15, -0.1) is 0 Å². The summed E-state index contributed by atoms with van der Waals surface area (Å²) in [5.41, 5.74) is 4.32. The highest BCUT2D eigenvalue weighted by molar-refractivity contribution is 14.1. The number of nitrogens with one attached hydrogen (secondary N) is 1. The predicted molar refractivity (Wildman–Crippen MR) is 97.2 cm³/mol. The Bertz CT molecular complexity index is 1050. The number of aromatic amines is 1. The molecule has 0 unspecified atom stereocenters. The normalized spacial score (nSPS) is 11.5. The number of benzene rings is 2. The minimum absolute atomic E-state index is 0.592. The van der Waals surface area contributed by atoms with Crippen LogP contribution in [0.4, 0.5) is 0 Å². The quantitative estimate of drug-likeness (QED) is 0.334. The van der Waals surface area contributed by atoms with Crippen LogP contribution in [0, 0.1) is 8.34 Å². The Labute approximate surface area is 147 Å². The molecule has 1 N–H and O–H groups in total. The van der Waals surface area contributed by atoms with Gasteiger partial charge in [-0.2, -0.15) is 8.75 Å². The number of aromatic nitrogens is 4. The molecule has 21 heavy (non-hydrogen) atoms. The molecule has 0 saturated carbocycles. The van der Waals surface area contributed by atoms with E-state index >= 15 is 0 Å².